The number of nitrogens with zero attached hydrogens (tertiary/aromatic N) is 9. The van der Waals surface area contributed by atoms with Gasteiger partial charge in [-0.25, -0.2) is 23.3 Å². The van der Waals surface area contributed by atoms with Gasteiger partial charge in [0.1, 0.15) is 30.1 Å². The second-order valence-electron chi connectivity index (χ2n) is 20.5. The van der Waals surface area contributed by atoms with Gasteiger partial charge in [-0.3, -0.25) is 14.4 Å². The van der Waals surface area contributed by atoms with Crippen LogP contribution >= 0.6 is 0 Å². The number of hydrogen-bond donors (Lipinski definition) is 4. The Kier molecular flexibility index (Phi) is 17.4. The van der Waals surface area contributed by atoms with E-state index in [2.05, 4.69) is 86.6 Å². The number of piperazine rings is 1. The highest BCUT2D eigenvalue weighted by Crippen LogP contribution is 2.36. The molecule has 2 aromatic heterocycles. The number of carbonyl (C=O) groups is 5. The molecule has 19 nitrogen and oxygen atoms in total. The Balaban J connectivity index is 0.000000303. The van der Waals surface area contributed by atoms with Crippen LogP contribution in [0.5, 0.6) is 0 Å². The molecule has 4 aromatic rings. The van der Waals surface area contributed by atoms with Gasteiger partial charge in [0.25, 0.3) is 0 Å². The van der Waals surface area contributed by atoms with Crippen LogP contribution in [0.25, 0.3) is 0 Å². The van der Waals surface area contributed by atoms with Gasteiger partial charge in [-0.2, -0.15) is 0 Å². The van der Waals surface area contributed by atoms with Gasteiger partial charge >= 0.3 is 12.1 Å². The van der Waals surface area contributed by atoms with Gasteiger partial charge in [-0.1, -0.05) is 90.1 Å². The fraction of sp³-hybridized carbons (Fsp3) is 0.491. The van der Waals surface area contributed by atoms with Crippen LogP contribution in [0.2, 0.25) is 0 Å². The van der Waals surface area contributed by atoms with Gasteiger partial charge < -0.3 is 40.3 Å². The minimum absolute atomic E-state index is 0.0159. The molecule has 0 radical (unpaired) electrons. The molecule has 0 saturated carbocycles. The Morgan fingerprint density at radius 3 is 1.67 bits per heavy atom. The average molecular weight is 1010 g/mol. The molecule has 73 heavy (non-hydrogen) atoms. The second-order valence-corrected chi connectivity index (χ2v) is 20.5. The van der Waals surface area contributed by atoms with E-state index in [9.17, 15) is 29.1 Å². The number of aliphatic hydroxyl groups is 1. The van der Waals surface area contributed by atoms with Crippen LogP contribution in [0.3, 0.4) is 0 Å². The molecule has 2 unspecified atom stereocenters. The number of likely N-dealkylation sites (N-methyl/N-ethyl adjacent to an activating group) is 1. The average Bonchev–Trinajstić information content (AvgIpc) is 4.09. The van der Waals surface area contributed by atoms with Crippen LogP contribution in [-0.4, -0.2) is 123 Å². The van der Waals surface area contributed by atoms with Crippen molar-refractivity contribution in [3.05, 3.63) is 119 Å². The number of carboxylic acid groups (broad SMARTS) is 1. The summed E-state index contributed by atoms with van der Waals surface area (Å²) in [6, 6.07) is 12.6. The number of carbonyl (C=O) groups excluding carboxylic acids is 4. The molecule has 1 fully saturated rings. The van der Waals surface area contributed by atoms with Crippen LogP contribution in [-0.2, 0) is 48.0 Å². The number of ether oxygens (including phenoxy) is 1. The largest absolute Gasteiger partial charge is 0.478 e. The predicted octanol–water partition coefficient (Wildman–Crippen LogP) is 7.18. The molecule has 392 valence electrons. The third-order valence-corrected chi connectivity index (χ3v) is 14.8. The number of aliphatic hydroxyl groups excluding tert-OH is 1. The third-order valence-electron chi connectivity index (χ3n) is 14.8. The summed E-state index contributed by atoms with van der Waals surface area (Å²) < 4.78 is 24.0. The van der Waals surface area contributed by atoms with Crippen LogP contribution in [0.1, 0.15) is 111 Å². The van der Waals surface area contributed by atoms with E-state index >= 15 is 4.39 Å². The number of amides is 3. The zero-order chi connectivity index (χ0) is 53.5. The van der Waals surface area contributed by atoms with Crippen molar-refractivity contribution >= 4 is 41.0 Å². The van der Waals surface area contributed by atoms with E-state index in [1.54, 1.807) is 87.6 Å². The van der Waals surface area contributed by atoms with Crippen molar-refractivity contribution < 1.29 is 43.3 Å². The van der Waals surface area contributed by atoms with Crippen LogP contribution in [0, 0.1) is 17.8 Å². The van der Waals surface area contributed by atoms with Crippen molar-refractivity contribution in [2.45, 2.75) is 118 Å². The van der Waals surface area contributed by atoms with Crippen molar-refractivity contribution in [1.29, 1.82) is 0 Å². The fourth-order valence-corrected chi connectivity index (χ4v) is 8.03. The molecule has 4 heterocycles. The summed E-state index contributed by atoms with van der Waals surface area (Å²) in [5, 5.41) is 41.0. The molecule has 3 amide bonds. The zero-order valence-electron chi connectivity index (χ0n) is 43.7. The predicted molar refractivity (Wildman–Crippen MR) is 272 cm³/mol. The summed E-state index contributed by atoms with van der Waals surface area (Å²) in [7, 11) is 0. The van der Waals surface area contributed by atoms with Crippen molar-refractivity contribution in [2.24, 2.45) is 17.8 Å². The smallest absolute Gasteiger partial charge is 0.410 e. The molecule has 1 aliphatic carbocycles. The molecular weight excluding hydrogens is 938 g/mol. The normalized spacial score (nSPS) is 17.9. The van der Waals surface area contributed by atoms with Gasteiger partial charge in [0.2, 0.25) is 11.8 Å². The van der Waals surface area contributed by atoms with E-state index in [1.165, 1.54) is 12.3 Å². The molecule has 7 rings (SSSR count). The minimum Gasteiger partial charge on any atom is -0.478 e. The quantitative estimate of drug-likeness (QED) is 0.0816. The first-order valence-corrected chi connectivity index (χ1v) is 24.7. The number of halogens is 1. The number of nitrogens with one attached hydrogen (secondary N) is 2. The Labute approximate surface area is 426 Å². The van der Waals surface area contributed by atoms with Gasteiger partial charge in [0.05, 0.1) is 35.7 Å². The number of allylic oxidation sites excluding steroid dienone is 1. The molecule has 3 aliphatic rings. The number of aliphatic carboxylic acids is 1. The van der Waals surface area contributed by atoms with E-state index in [0.717, 1.165) is 22.5 Å². The van der Waals surface area contributed by atoms with Gasteiger partial charge in [0.15, 0.2) is 5.78 Å². The molecule has 4 N–H and O–H groups in total. The summed E-state index contributed by atoms with van der Waals surface area (Å²) in [6.07, 6.45) is 7.39. The number of Topliss-reactive ketones (excluding diaryl/α,β-unsaturated/α-hetero) is 1. The molecule has 4 atom stereocenters. The van der Waals surface area contributed by atoms with Crippen molar-refractivity contribution in [2.75, 3.05) is 43.4 Å². The van der Waals surface area contributed by atoms with E-state index < -0.39 is 47.7 Å². The van der Waals surface area contributed by atoms with Gasteiger partial charge in [0, 0.05) is 73.5 Å². The van der Waals surface area contributed by atoms with Crippen molar-refractivity contribution in [3.8, 4) is 0 Å². The van der Waals surface area contributed by atoms with E-state index in [0.29, 0.717) is 61.6 Å². The maximum atomic E-state index is 15.3. The van der Waals surface area contributed by atoms with Gasteiger partial charge in [-0.05, 0) is 80.2 Å². The van der Waals surface area contributed by atoms with E-state index in [1.807, 2.05) is 24.2 Å². The molecule has 2 aliphatic heterocycles. The fourth-order valence-electron chi connectivity index (χ4n) is 8.03. The summed E-state index contributed by atoms with van der Waals surface area (Å²) in [4.78, 5) is 67.6. The van der Waals surface area contributed by atoms with Crippen LogP contribution < -0.4 is 10.6 Å². The number of rotatable bonds is 16. The lowest BCUT2D eigenvalue weighted by Gasteiger charge is -2.42. The molecule has 20 heteroatoms. The Morgan fingerprint density at radius 2 is 1.23 bits per heavy atom. The summed E-state index contributed by atoms with van der Waals surface area (Å²) in [5.41, 5.74) is 4.22. The molecule has 0 bridgehead atoms. The molecule has 1 saturated heterocycles. The number of hydrogen-bond acceptors (Lipinski definition) is 13. The standard InChI is InChI=1S/C35H44FN7O6.C18H26N4O2/c1-7-40-18-26(33(46)47)31(44)25-16-27(36)29(17-28(25)40)41-12-14-42(15-13-41)34(48)49-20-23-8-10-24(11-9-23)37-32(45)22(4)43-19-30(38-39-43)35(5,6)21(2)3;1-12(2)18(4,5)16-10-22(21-20-16)13(3)17(24)19-15-8-6-14(11-23)7-9-15/h8-11,16-19,21-22,25,28H,7,12-15,20H2,1-6H3,(H,37,45)(H,46,47);6-10,12-13,23H,11H2,1-5H3,(H,19,24)/t22-,25?,28?;13-/m00/s1. The number of ketones is 1. The number of aromatic nitrogens is 6. The summed E-state index contributed by atoms with van der Waals surface area (Å²) in [5.74, 6) is -3.08. The molecule has 2 aromatic carbocycles. The number of benzene rings is 2. The molecular formula is C53H70FN11O8. The third kappa shape index (κ3) is 12.7. The maximum Gasteiger partial charge on any atom is 0.410 e. The maximum absolute atomic E-state index is 15.3. The lowest BCUT2D eigenvalue weighted by Crippen LogP contribution is -2.50. The van der Waals surface area contributed by atoms with E-state index in [4.69, 9.17) is 9.84 Å². The van der Waals surface area contributed by atoms with Crippen LogP contribution in [0.4, 0.5) is 20.6 Å². The zero-order valence-corrected chi connectivity index (χ0v) is 43.7. The Bertz CT molecular complexity index is 2720. The SMILES string of the molecule is CC(C)C(C)(C)c1cn([C@@H](C)C(=O)Nc2ccc(CO)cc2)nn1.CCN1C=C(C(=O)O)C(=O)C2C=C(F)C(N3CCN(C(=O)OCc4ccc(NC(=O)[C@H](C)n5cc(C(C)(C)C(C)C)nn5)cc4)CC3)=CC21. The Morgan fingerprint density at radius 1 is 0.753 bits per heavy atom. The Hall–Kier alpha value is -7.22. The topological polar surface area (TPSA) is 230 Å². The van der Waals surface area contributed by atoms with Gasteiger partial charge in [-0.15, -0.1) is 10.2 Å². The highest BCUT2D eigenvalue weighted by molar-refractivity contribution is 6.18. The minimum atomic E-state index is -1.33. The first-order valence-electron chi connectivity index (χ1n) is 24.7. The number of anilines is 2. The van der Waals surface area contributed by atoms with E-state index in [-0.39, 0.29) is 41.4 Å². The molecule has 0 spiro atoms. The summed E-state index contributed by atoms with van der Waals surface area (Å²) in [6.45, 7) is 24.2. The highest BCUT2D eigenvalue weighted by atomic mass is 19.1. The summed E-state index contributed by atoms with van der Waals surface area (Å²) >= 11 is 0. The lowest BCUT2D eigenvalue weighted by atomic mass is 9.79. The first-order chi connectivity index (χ1) is 34.5. The highest BCUT2D eigenvalue weighted by Gasteiger charge is 2.42. The number of fused-ring (bicyclic) bond motifs is 1. The van der Waals surface area contributed by atoms with Crippen LogP contribution in [0.15, 0.2) is 96.4 Å². The van der Waals surface area contributed by atoms with Crippen molar-refractivity contribution in [1.82, 2.24) is 44.7 Å². The second kappa shape index (κ2) is 23.1. The number of carboxylic acids is 1. The lowest BCUT2D eigenvalue weighted by molar-refractivity contribution is -0.136. The van der Waals surface area contributed by atoms with Crippen molar-refractivity contribution in [3.63, 3.8) is 0 Å². The monoisotopic (exact) mass is 1010 g/mol. The first kappa shape index (κ1) is 55.1.